The first-order valence-electron chi connectivity index (χ1n) is 6.25. The predicted octanol–water partition coefficient (Wildman–Crippen LogP) is 3.51. The maximum Gasteiger partial charge on any atom is 0.0635 e. The maximum absolute atomic E-state index is 8.62. The van der Waals surface area contributed by atoms with E-state index in [0.717, 1.165) is 31.9 Å². The quantitative estimate of drug-likeness (QED) is 0.581. The van der Waals surface area contributed by atoms with E-state index >= 15 is 0 Å². The monoisotopic (exact) mass is 244 g/mol. The topological polar surface area (TPSA) is 27.0 Å². The van der Waals surface area contributed by atoms with Crippen molar-refractivity contribution < 1.29 is 0 Å². The molecule has 3 heteroatoms. The van der Waals surface area contributed by atoms with Crippen LogP contribution in [0.5, 0.6) is 0 Å². The Bertz CT molecular complexity index is 199. The summed E-state index contributed by atoms with van der Waals surface area (Å²) in [5.41, 5.74) is 0. The SMILES string of the molecule is CC(C)CN(CCC#N)CCC(C)CCCl. The Hall–Kier alpha value is -0.260. The minimum atomic E-state index is 0.636. The van der Waals surface area contributed by atoms with E-state index in [1.54, 1.807) is 0 Å². The average Bonchev–Trinajstić information content (AvgIpc) is 2.22. The molecular weight excluding hydrogens is 220 g/mol. The summed E-state index contributed by atoms with van der Waals surface area (Å²) < 4.78 is 0. The second-order valence-corrected chi connectivity index (χ2v) is 5.35. The molecule has 0 spiro atoms. The Morgan fingerprint density at radius 1 is 1.19 bits per heavy atom. The van der Waals surface area contributed by atoms with Crippen molar-refractivity contribution >= 4 is 11.6 Å². The van der Waals surface area contributed by atoms with Gasteiger partial charge in [-0.3, -0.25) is 0 Å². The van der Waals surface area contributed by atoms with E-state index < -0.39 is 0 Å². The molecule has 1 atom stereocenters. The first kappa shape index (κ1) is 15.7. The summed E-state index contributed by atoms with van der Waals surface area (Å²) in [6.45, 7) is 9.79. The second kappa shape index (κ2) is 9.93. The van der Waals surface area contributed by atoms with Crippen molar-refractivity contribution in [2.75, 3.05) is 25.5 Å². The largest absolute Gasteiger partial charge is 0.302 e. The highest BCUT2D eigenvalue weighted by atomic mass is 35.5. The number of hydrogen-bond donors (Lipinski definition) is 0. The molecule has 0 rings (SSSR count). The van der Waals surface area contributed by atoms with Crippen LogP contribution in [0.15, 0.2) is 0 Å². The van der Waals surface area contributed by atoms with Crippen LogP contribution in [0.4, 0.5) is 0 Å². The van der Waals surface area contributed by atoms with Crippen molar-refractivity contribution in [1.82, 2.24) is 4.90 Å². The Morgan fingerprint density at radius 3 is 2.38 bits per heavy atom. The highest BCUT2D eigenvalue weighted by Gasteiger charge is 2.09. The van der Waals surface area contributed by atoms with Crippen molar-refractivity contribution in [3.8, 4) is 6.07 Å². The second-order valence-electron chi connectivity index (χ2n) is 4.97. The number of alkyl halides is 1. The van der Waals surface area contributed by atoms with Crippen molar-refractivity contribution in [2.45, 2.75) is 40.0 Å². The first-order valence-corrected chi connectivity index (χ1v) is 6.78. The van der Waals surface area contributed by atoms with Gasteiger partial charge in [-0.25, -0.2) is 0 Å². The lowest BCUT2D eigenvalue weighted by molar-refractivity contribution is 0.232. The Morgan fingerprint density at radius 2 is 1.88 bits per heavy atom. The lowest BCUT2D eigenvalue weighted by Gasteiger charge is -2.24. The first-order chi connectivity index (χ1) is 7.60. The molecule has 2 nitrogen and oxygen atoms in total. The Labute approximate surface area is 106 Å². The number of rotatable bonds is 9. The fourth-order valence-corrected chi connectivity index (χ4v) is 2.12. The Balaban J connectivity index is 3.86. The van der Waals surface area contributed by atoms with Crippen LogP contribution in [0.2, 0.25) is 0 Å². The molecule has 0 saturated carbocycles. The van der Waals surface area contributed by atoms with Gasteiger partial charge in [0, 0.05) is 25.4 Å². The molecule has 0 heterocycles. The van der Waals surface area contributed by atoms with E-state index in [2.05, 4.69) is 31.7 Å². The van der Waals surface area contributed by atoms with Gasteiger partial charge < -0.3 is 4.90 Å². The van der Waals surface area contributed by atoms with Crippen LogP contribution in [-0.2, 0) is 0 Å². The van der Waals surface area contributed by atoms with Gasteiger partial charge in [0.25, 0.3) is 0 Å². The molecule has 0 aliphatic heterocycles. The normalized spacial score (nSPS) is 13.1. The molecule has 0 radical (unpaired) electrons. The molecule has 16 heavy (non-hydrogen) atoms. The van der Waals surface area contributed by atoms with Crippen LogP contribution in [0, 0.1) is 23.2 Å². The minimum Gasteiger partial charge on any atom is -0.302 e. The number of nitriles is 1. The summed E-state index contributed by atoms with van der Waals surface area (Å²) in [5, 5.41) is 8.62. The molecule has 0 aromatic rings. The highest BCUT2D eigenvalue weighted by Crippen LogP contribution is 2.10. The van der Waals surface area contributed by atoms with Gasteiger partial charge in [-0.2, -0.15) is 5.26 Å². The molecule has 0 aromatic carbocycles. The van der Waals surface area contributed by atoms with Gasteiger partial charge in [0.15, 0.2) is 0 Å². The van der Waals surface area contributed by atoms with Crippen molar-refractivity contribution in [3.63, 3.8) is 0 Å². The maximum atomic E-state index is 8.62. The fourth-order valence-electron chi connectivity index (χ4n) is 1.75. The summed E-state index contributed by atoms with van der Waals surface area (Å²) in [6.07, 6.45) is 2.91. The average molecular weight is 245 g/mol. The van der Waals surface area contributed by atoms with E-state index in [-0.39, 0.29) is 0 Å². The van der Waals surface area contributed by atoms with Crippen LogP contribution in [-0.4, -0.2) is 30.4 Å². The van der Waals surface area contributed by atoms with Gasteiger partial charge in [0.05, 0.1) is 6.07 Å². The van der Waals surface area contributed by atoms with Crippen LogP contribution < -0.4 is 0 Å². The molecular formula is C13H25ClN2. The molecule has 0 bridgehead atoms. The molecule has 0 N–H and O–H groups in total. The molecule has 1 unspecified atom stereocenters. The number of halogens is 1. The molecule has 0 amide bonds. The summed E-state index contributed by atoms with van der Waals surface area (Å²) in [5.74, 6) is 2.11. The number of nitrogens with zero attached hydrogens (tertiary/aromatic N) is 2. The molecule has 0 saturated heterocycles. The van der Waals surface area contributed by atoms with Gasteiger partial charge >= 0.3 is 0 Å². The zero-order valence-electron chi connectivity index (χ0n) is 10.9. The zero-order chi connectivity index (χ0) is 12.4. The van der Waals surface area contributed by atoms with Crippen LogP contribution >= 0.6 is 11.6 Å². The molecule has 0 aliphatic rings. The van der Waals surface area contributed by atoms with E-state index in [1.807, 2.05) is 0 Å². The van der Waals surface area contributed by atoms with Crippen molar-refractivity contribution in [1.29, 1.82) is 5.26 Å². The fraction of sp³-hybridized carbons (Fsp3) is 0.923. The molecule has 94 valence electrons. The van der Waals surface area contributed by atoms with Gasteiger partial charge in [0.2, 0.25) is 0 Å². The van der Waals surface area contributed by atoms with E-state index in [0.29, 0.717) is 18.3 Å². The van der Waals surface area contributed by atoms with Crippen LogP contribution in [0.3, 0.4) is 0 Å². The number of hydrogen-bond acceptors (Lipinski definition) is 2. The third-order valence-corrected chi connectivity index (χ3v) is 2.92. The highest BCUT2D eigenvalue weighted by molar-refractivity contribution is 6.17. The molecule has 0 fully saturated rings. The summed E-state index contributed by atoms with van der Waals surface area (Å²) in [4.78, 5) is 2.40. The van der Waals surface area contributed by atoms with Crippen LogP contribution in [0.1, 0.15) is 40.0 Å². The summed E-state index contributed by atoms with van der Waals surface area (Å²) >= 11 is 5.72. The van der Waals surface area contributed by atoms with Gasteiger partial charge in [0.1, 0.15) is 0 Å². The van der Waals surface area contributed by atoms with Gasteiger partial charge in [-0.15, -0.1) is 11.6 Å². The molecule has 0 aromatic heterocycles. The minimum absolute atomic E-state index is 0.636. The van der Waals surface area contributed by atoms with E-state index in [4.69, 9.17) is 16.9 Å². The molecule has 0 aliphatic carbocycles. The predicted molar refractivity (Wildman–Crippen MR) is 70.6 cm³/mol. The van der Waals surface area contributed by atoms with Crippen molar-refractivity contribution in [2.24, 2.45) is 11.8 Å². The summed E-state index contributed by atoms with van der Waals surface area (Å²) in [6, 6.07) is 2.22. The van der Waals surface area contributed by atoms with Crippen LogP contribution in [0.25, 0.3) is 0 Å². The lowest BCUT2D eigenvalue weighted by Crippen LogP contribution is -2.30. The van der Waals surface area contributed by atoms with E-state index in [1.165, 1.54) is 6.42 Å². The van der Waals surface area contributed by atoms with E-state index in [9.17, 15) is 0 Å². The lowest BCUT2D eigenvalue weighted by atomic mass is 10.0. The Kier molecular flexibility index (Phi) is 9.77. The zero-order valence-corrected chi connectivity index (χ0v) is 11.6. The van der Waals surface area contributed by atoms with Gasteiger partial charge in [-0.1, -0.05) is 20.8 Å². The third-order valence-electron chi connectivity index (χ3n) is 2.70. The third kappa shape index (κ3) is 9.00. The summed E-state index contributed by atoms with van der Waals surface area (Å²) in [7, 11) is 0. The van der Waals surface area contributed by atoms with Gasteiger partial charge in [-0.05, 0) is 31.2 Å². The standard InChI is InChI=1S/C13H25ClN2/c1-12(2)11-16(9-4-8-15)10-6-13(3)5-7-14/h12-13H,4-7,9-11H2,1-3H3. The van der Waals surface area contributed by atoms with Crippen molar-refractivity contribution in [3.05, 3.63) is 0 Å². The smallest absolute Gasteiger partial charge is 0.0635 e.